The van der Waals surface area contributed by atoms with Crippen molar-refractivity contribution in [1.29, 1.82) is 0 Å². The van der Waals surface area contributed by atoms with E-state index in [4.69, 9.17) is 21.4 Å². The third-order valence-corrected chi connectivity index (χ3v) is 5.90. The van der Waals surface area contributed by atoms with E-state index in [2.05, 4.69) is 0 Å². The molecule has 2 aliphatic heterocycles. The predicted molar refractivity (Wildman–Crippen MR) is 110 cm³/mol. The van der Waals surface area contributed by atoms with Crippen molar-refractivity contribution in [3.63, 3.8) is 0 Å². The summed E-state index contributed by atoms with van der Waals surface area (Å²) in [6.45, 7) is 1.20. The average molecular weight is 416 g/mol. The first kappa shape index (κ1) is 18.9. The Labute approximate surface area is 170 Å². The normalized spacial score (nSPS) is 21.1. The van der Waals surface area contributed by atoms with Crippen LogP contribution in [0, 0.1) is 10.1 Å². The minimum atomic E-state index is -0.452. The lowest BCUT2D eigenvalue weighted by Gasteiger charge is -2.18. The SMILES string of the molecule is O=C1/C(=C/c2ccc(-c3cccc([N+](=O)[O-])c3)o2)SC(=S)N1CC1CCCO1. The van der Waals surface area contributed by atoms with Crippen LogP contribution in [0.5, 0.6) is 0 Å². The van der Waals surface area contributed by atoms with E-state index in [1.165, 1.54) is 23.9 Å². The number of nitro groups is 1. The van der Waals surface area contributed by atoms with E-state index < -0.39 is 4.92 Å². The van der Waals surface area contributed by atoms with Gasteiger partial charge in [0.05, 0.1) is 22.5 Å². The van der Waals surface area contributed by atoms with Gasteiger partial charge in [0.1, 0.15) is 15.8 Å². The molecule has 1 amide bonds. The fraction of sp³-hybridized carbons (Fsp3) is 0.263. The Bertz CT molecular complexity index is 978. The van der Waals surface area contributed by atoms with Crippen molar-refractivity contribution in [2.24, 2.45) is 0 Å². The number of furan rings is 1. The van der Waals surface area contributed by atoms with Crippen molar-refractivity contribution >= 4 is 46.0 Å². The molecule has 2 saturated heterocycles. The molecule has 0 radical (unpaired) electrons. The minimum Gasteiger partial charge on any atom is -0.457 e. The fourth-order valence-corrected chi connectivity index (χ4v) is 4.39. The van der Waals surface area contributed by atoms with E-state index >= 15 is 0 Å². The van der Waals surface area contributed by atoms with Crippen LogP contribution in [0.1, 0.15) is 18.6 Å². The van der Waals surface area contributed by atoms with Crippen molar-refractivity contribution < 1.29 is 18.9 Å². The van der Waals surface area contributed by atoms with E-state index in [-0.39, 0.29) is 17.7 Å². The van der Waals surface area contributed by atoms with Gasteiger partial charge in [0.2, 0.25) is 0 Å². The number of rotatable bonds is 5. The highest BCUT2D eigenvalue weighted by molar-refractivity contribution is 8.26. The quantitative estimate of drug-likeness (QED) is 0.312. The minimum absolute atomic E-state index is 0.00884. The number of thiocarbonyl (C=S) groups is 1. The Balaban J connectivity index is 1.52. The molecule has 0 spiro atoms. The first-order valence-electron chi connectivity index (χ1n) is 8.73. The number of ether oxygens (including phenoxy) is 1. The third-order valence-electron chi connectivity index (χ3n) is 4.53. The Hall–Kier alpha value is -2.49. The molecule has 4 rings (SSSR count). The van der Waals surface area contributed by atoms with Gasteiger partial charge in [0, 0.05) is 30.4 Å². The zero-order valence-corrected chi connectivity index (χ0v) is 16.3. The molecule has 0 aliphatic carbocycles. The van der Waals surface area contributed by atoms with Crippen molar-refractivity contribution in [3.8, 4) is 11.3 Å². The van der Waals surface area contributed by atoms with Crippen LogP contribution in [0.3, 0.4) is 0 Å². The number of nitrogens with zero attached hydrogens (tertiary/aromatic N) is 2. The molecule has 9 heteroatoms. The average Bonchev–Trinajstić information content (AvgIpc) is 3.41. The molecular formula is C19H16N2O5S2. The van der Waals surface area contributed by atoms with E-state index in [1.807, 2.05) is 0 Å². The molecule has 3 heterocycles. The highest BCUT2D eigenvalue weighted by atomic mass is 32.2. The molecule has 1 aromatic heterocycles. The van der Waals surface area contributed by atoms with Crippen molar-refractivity contribution in [2.45, 2.75) is 18.9 Å². The second kappa shape index (κ2) is 7.86. The molecule has 0 N–H and O–H groups in total. The van der Waals surface area contributed by atoms with Crippen LogP contribution in [0.25, 0.3) is 17.4 Å². The van der Waals surface area contributed by atoms with E-state index in [0.717, 1.165) is 19.4 Å². The van der Waals surface area contributed by atoms with Gasteiger partial charge in [-0.2, -0.15) is 0 Å². The maximum Gasteiger partial charge on any atom is 0.270 e. The second-order valence-corrected chi connectivity index (χ2v) is 8.11. The van der Waals surface area contributed by atoms with Crippen LogP contribution in [0.15, 0.2) is 45.7 Å². The van der Waals surface area contributed by atoms with Crippen LogP contribution in [-0.4, -0.2) is 39.3 Å². The lowest BCUT2D eigenvalue weighted by atomic mass is 10.1. The molecule has 2 aromatic rings. The smallest absolute Gasteiger partial charge is 0.270 e. The molecule has 2 aliphatic rings. The van der Waals surface area contributed by atoms with Crippen molar-refractivity contribution in [3.05, 3.63) is 57.2 Å². The summed E-state index contributed by atoms with van der Waals surface area (Å²) in [5, 5.41) is 10.9. The van der Waals surface area contributed by atoms with Gasteiger partial charge in [0.15, 0.2) is 0 Å². The molecule has 7 nitrogen and oxygen atoms in total. The largest absolute Gasteiger partial charge is 0.457 e. The van der Waals surface area contributed by atoms with Gasteiger partial charge in [-0.1, -0.05) is 36.1 Å². The summed E-state index contributed by atoms with van der Waals surface area (Å²) < 4.78 is 11.9. The number of hydrogen-bond donors (Lipinski definition) is 0. The Morgan fingerprint density at radius 3 is 2.96 bits per heavy atom. The first-order valence-corrected chi connectivity index (χ1v) is 9.95. The highest BCUT2D eigenvalue weighted by Crippen LogP contribution is 2.34. The number of thioether (sulfide) groups is 1. The maximum absolute atomic E-state index is 12.7. The van der Waals surface area contributed by atoms with Crippen molar-refractivity contribution in [1.82, 2.24) is 4.90 Å². The first-order chi connectivity index (χ1) is 13.5. The van der Waals surface area contributed by atoms with Gasteiger partial charge >= 0.3 is 0 Å². The summed E-state index contributed by atoms with van der Waals surface area (Å²) in [5.74, 6) is 0.822. The van der Waals surface area contributed by atoms with Gasteiger partial charge in [-0.05, 0) is 25.0 Å². The molecule has 28 heavy (non-hydrogen) atoms. The summed E-state index contributed by atoms with van der Waals surface area (Å²) >= 11 is 6.58. The van der Waals surface area contributed by atoms with E-state index in [1.54, 1.807) is 35.2 Å². The number of carbonyl (C=O) groups is 1. The van der Waals surface area contributed by atoms with Gasteiger partial charge in [-0.15, -0.1) is 0 Å². The van der Waals surface area contributed by atoms with Gasteiger partial charge in [0.25, 0.3) is 11.6 Å². The monoisotopic (exact) mass is 416 g/mol. The van der Waals surface area contributed by atoms with E-state index in [0.29, 0.717) is 32.9 Å². The molecular weight excluding hydrogens is 400 g/mol. The summed E-state index contributed by atoms with van der Waals surface area (Å²) in [5.41, 5.74) is 0.588. The van der Waals surface area contributed by atoms with Crippen LogP contribution in [0.4, 0.5) is 5.69 Å². The lowest BCUT2D eigenvalue weighted by Crippen LogP contribution is -2.35. The number of amides is 1. The summed E-state index contributed by atoms with van der Waals surface area (Å²) in [6.07, 6.45) is 3.62. The lowest BCUT2D eigenvalue weighted by molar-refractivity contribution is -0.384. The highest BCUT2D eigenvalue weighted by Gasteiger charge is 2.34. The number of non-ortho nitro benzene ring substituents is 1. The van der Waals surface area contributed by atoms with Gasteiger partial charge < -0.3 is 9.15 Å². The molecule has 0 saturated carbocycles. The topological polar surface area (TPSA) is 85.8 Å². The zero-order chi connectivity index (χ0) is 19.7. The van der Waals surface area contributed by atoms with Gasteiger partial charge in [-0.25, -0.2) is 0 Å². The summed E-state index contributed by atoms with van der Waals surface area (Å²) in [7, 11) is 0. The van der Waals surface area contributed by atoms with Crippen LogP contribution >= 0.6 is 24.0 Å². The predicted octanol–water partition coefficient (Wildman–Crippen LogP) is 4.24. The molecule has 1 atom stereocenters. The number of hydrogen-bond acceptors (Lipinski definition) is 7. The second-order valence-electron chi connectivity index (χ2n) is 6.44. The molecule has 1 unspecified atom stereocenters. The van der Waals surface area contributed by atoms with Crippen LogP contribution < -0.4 is 0 Å². The maximum atomic E-state index is 12.7. The molecule has 0 bridgehead atoms. The van der Waals surface area contributed by atoms with Crippen molar-refractivity contribution in [2.75, 3.05) is 13.2 Å². The fourth-order valence-electron chi connectivity index (χ4n) is 3.14. The Morgan fingerprint density at radius 2 is 2.21 bits per heavy atom. The molecule has 2 fully saturated rings. The number of nitro benzene ring substituents is 1. The summed E-state index contributed by atoms with van der Waals surface area (Å²) in [6, 6.07) is 9.65. The van der Waals surface area contributed by atoms with Crippen LogP contribution in [0.2, 0.25) is 0 Å². The Morgan fingerprint density at radius 1 is 1.36 bits per heavy atom. The zero-order valence-electron chi connectivity index (χ0n) is 14.7. The van der Waals surface area contributed by atoms with E-state index in [9.17, 15) is 14.9 Å². The molecule has 144 valence electrons. The van der Waals surface area contributed by atoms with Gasteiger partial charge in [-0.3, -0.25) is 19.8 Å². The number of benzene rings is 1. The number of carbonyl (C=O) groups excluding carboxylic acids is 1. The summed E-state index contributed by atoms with van der Waals surface area (Å²) in [4.78, 5) is 25.2. The standard InChI is InChI=1S/C19H16N2O5S2/c22-18-17(28-19(27)20(18)11-15-5-2-8-25-15)10-14-6-7-16(26-14)12-3-1-4-13(9-12)21(23)24/h1,3-4,6-7,9-10,15H,2,5,8,11H2/b17-10-. The third kappa shape index (κ3) is 3.87. The van der Waals surface area contributed by atoms with Crippen LogP contribution in [-0.2, 0) is 9.53 Å². The Kier molecular flexibility index (Phi) is 5.29. The molecule has 1 aromatic carbocycles.